The maximum atomic E-state index is 12.3. The number of pyridine rings is 1. The van der Waals surface area contributed by atoms with E-state index in [9.17, 15) is 4.79 Å². The minimum atomic E-state index is -0.122. The van der Waals surface area contributed by atoms with Gasteiger partial charge in [-0.3, -0.25) is 14.7 Å². The molecule has 0 unspecified atom stereocenters. The molecule has 1 fully saturated rings. The molecule has 7 heteroatoms. The normalized spacial score (nSPS) is 15.2. The first-order chi connectivity index (χ1) is 14.3. The summed E-state index contributed by atoms with van der Waals surface area (Å²) in [5, 5.41) is 6.85. The van der Waals surface area contributed by atoms with E-state index in [4.69, 9.17) is 9.26 Å². The molecular weight excluding hydrogens is 368 g/mol. The number of carbonyl (C=O) groups is 1. The number of ether oxygens (including phenoxy) is 1. The van der Waals surface area contributed by atoms with Crippen molar-refractivity contribution in [3.05, 3.63) is 77.9 Å². The highest BCUT2D eigenvalue weighted by Crippen LogP contribution is 2.20. The number of likely N-dealkylation sites (tertiary alicyclic amines) is 1. The molecule has 1 amide bonds. The van der Waals surface area contributed by atoms with Gasteiger partial charge in [-0.15, -0.1) is 0 Å². The van der Waals surface area contributed by atoms with E-state index < -0.39 is 0 Å². The molecule has 1 aliphatic rings. The van der Waals surface area contributed by atoms with Crippen LogP contribution in [0.15, 0.2) is 65.5 Å². The predicted octanol–water partition coefficient (Wildman–Crippen LogP) is 3.04. The first kappa shape index (κ1) is 19.1. The van der Waals surface area contributed by atoms with Gasteiger partial charge in [-0.05, 0) is 49.2 Å². The summed E-state index contributed by atoms with van der Waals surface area (Å²) in [6, 6.07) is 14.8. The van der Waals surface area contributed by atoms with E-state index in [-0.39, 0.29) is 12.0 Å². The Morgan fingerprint density at radius 2 is 1.93 bits per heavy atom. The summed E-state index contributed by atoms with van der Waals surface area (Å²) in [5.74, 6) is 0.671. The van der Waals surface area contributed by atoms with Crippen LogP contribution >= 0.6 is 0 Å². The summed E-state index contributed by atoms with van der Waals surface area (Å²) >= 11 is 0. The van der Waals surface area contributed by atoms with Crippen molar-refractivity contribution >= 4 is 5.91 Å². The van der Waals surface area contributed by atoms with Gasteiger partial charge in [-0.25, -0.2) is 0 Å². The second-order valence-corrected chi connectivity index (χ2v) is 7.11. The lowest BCUT2D eigenvalue weighted by molar-refractivity contribution is 0.0945. The monoisotopic (exact) mass is 392 g/mol. The number of amides is 1. The molecule has 3 aromatic rings. The van der Waals surface area contributed by atoms with Crippen molar-refractivity contribution in [3.63, 3.8) is 0 Å². The molecular formula is C22H24N4O3. The first-order valence-electron chi connectivity index (χ1n) is 9.83. The quantitative estimate of drug-likeness (QED) is 0.666. The number of hydrogen-bond donors (Lipinski definition) is 1. The largest absolute Gasteiger partial charge is 0.490 e. The topological polar surface area (TPSA) is 80.5 Å². The third kappa shape index (κ3) is 5.42. The molecule has 150 valence electrons. The fraction of sp³-hybridized carbons (Fsp3) is 0.318. The summed E-state index contributed by atoms with van der Waals surface area (Å²) in [7, 11) is 0. The van der Waals surface area contributed by atoms with E-state index in [1.807, 2.05) is 36.4 Å². The van der Waals surface area contributed by atoms with Gasteiger partial charge in [0.2, 0.25) is 0 Å². The van der Waals surface area contributed by atoms with Crippen LogP contribution in [0.25, 0.3) is 0 Å². The van der Waals surface area contributed by atoms with Crippen LogP contribution in [-0.4, -0.2) is 40.1 Å². The molecule has 0 spiro atoms. The second kappa shape index (κ2) is 9.34. The third-order valence-corrected chi connectivity index (χ3v) is 4.99. The van der Waals surface area contributed by atoms with Crippen LogP contribution in [0, 0.1) is 0 Å². The van der Waals surface area contributed by atoms with Gasteiger partial charge in [0, 0.05) is 37.5 Å². The zero-order chi connectivity index (χ0) is 19.9. The van der Waals surface area contributed by atoms with E-state index in [2.05, 4.69) is 20.4 Å². The molecule has 1 saturated heterocycles. The molecule has 1 aliphatic heterocycles. The summed E-state index contributed by atoms with van der Waals surface area (Å²) in [5.41, 5.74) is 2.40. The molecule has 1 N–H and O–H groups in total. The fourth-order valence-electron chi connectivity index (χ4n) is 3.39. The molecule has 0 aliphatic carbocycles. The van der Waals surface area contributed by atoms with Crippen molar-refractivity contribution in [2.24, 2.45) is 0 Å². The molecule has 4 rings (SSSR count). The summed E-state index contributed by atoms with van der Waals surface area (Å²) in [4.78, 5) is 18.8. The summed E-state index contributed by atoms with van der Waals surface area (Å²) in [6.45, 7) is 3.15. The number of nitrogens with zero attached hydrogens (tertiary/aromatic N) is 3. The third-order valence-electron chi connectivity index (χ3n) is 4.99. The number of aromatic nitrogens is 2. The second-order valence-electron chi connectivity index (χ2n) is 7.11. The highest BCUT2D eigenvalue weighted by molar-refractivity contribution is 5.94. The van der Waals surface area contributed by atoms with Crippen LogP contribution < -0.4 is 10.1 Å². The number of carbonyl (C=O) groups excluding carboxylic acids is 1. The minimum Gasteiger partial charge on any atom is -0.490 e. The Kier molecular flexibility index (Phi) is 6.16. The van der Waals surface area contributed by atoms with Gasteiger partial charge in [-0.2, -0.15) is 0 Å². The van der Waals surface area contributed by atoms with E-state index >= 15 is 0 Å². The lowest BCUT2D eigenvalue weighted by Crippen LogP contribution is -2.37. The Bertz CT molecular complexity index is 890. The predicted molar refractivity (Wildman–Crippen MR) is 107 cm³/mol. The zero-order valence-electron chi connectivity index (χ0n) is 16.2. The van der Waals surface area contributed by atoms with E-state index in [0.29, 0.717) is 12.1 Å². The maximum Gasteiger partial charge on any atom is 0.251 e. The van der Waals surface area contributed by atoms with Gasteiger partial charge in [0.25, 0.3) is 5.91 Å². The fourth-order valence-corrected chi connectivity index (χ4v) is 3.39. The van der Waals surface area contributed by atoms with Crippen molar-refractivity contribution in [2.75, 3.05) is 13.1 Å². The Morgan fingerprint density at radius 1 is 1.10 bits per heavy atom. The van der Waals surface area contributed by atoms with Crippen molar-refractivity contribution in [1.82, 2.24) is 20.4 Å². The molecule has 2 aromatic heterocycles. The number of piperidine rings is 1. The van der Waals surface area contributed by atoms with Gasteiger partial charge >= 0.3 is 0 Å². The van der Waals surface area contributed by atoms with Gasteiger partial charge in [0.05, 0.1) is 17.9 Å². The highest BCUT2D eigenvalue weighted by Gasteiger charge is 2.21. The SMILES string of the molecule is O=C(NCc1ccccn1)c1ccc(OC2CCN(Cc3ccon3)CC2)cc1. The Labute approximate surface area is 169 Å². The van der Waals surface area contributed by atoms with Crippen LogP contribution in [0.2, 0.25) is 0 Å². The standard InChI is InChI=1S/C22H24N4O3/c27-22(24-15-18-3-1-2-11-23-18)17-4-6-20(7-5-17)29-21-8-12-26(13-9-21)16-19-10-14-28-25-19/h1-7,10-11,14,21H,8-9,12-13,15-16H2,(H,24,27). The highest BCUT2D eigenvalue weighted by atomic mass is 16.5. The molecule has 0 saturated carbocycles. The molecule has 1 aromatic carbocycles. The van der Waals surface area contributed by atoms with Crippen molar-refractivity contribution < 1.29 is 14.1 Å². The number of rotatable bonds is 7. The molecule has 7 nitrogen and oxygen atoms in total. The molecule has 29 heavy (non-hydrogen) atoms. The van der Waals surface area contributed by atoms with Gasteiger partial charge < -0.3 is 14.6 Å². The number of hydrogen-bond acceptors (Lipinski definition) is 6. The van der Waals surface area contributed by atoms with Crippen LogP contribution in [0.4, 0.5) is 0 Å². The molecule has 0 bridgehead atoms. The lowest BCUT2D eigenvalue weighted by atomic mass is 10.1. The summed E-state index contributed by atoms with van der Waals surface area (Å²) in [6.07, 6.45) is 5.43. The maximum absolute atomic E-state index is 12.3. The van der Waals surface area contributed by atoms with Crippen LogP contribution in [0.3, 0.4) is 0 Å². The van der Waals surface area contributed by atoms with Crippen LogP contribution in [-0.2, 0) is 13.1 Å². The van der Waals surface area contributed by atoms with Crippen LogP contribution in [0.1, 0.15) is 34.6 Å². The first-order valence-corrected chi connectivity index (χ1v) is 9.83. The van der Waals surface area contributed by atoms with E-state index in [1.165, 1.54) is 0 Å². The average Bonchev–Trinajstić information content (AvgIpc) is 3.28. The van der Waals surface area contributed by atoms with Crippen molar-refractivity contribution in [2.45, 2.75) is 32.0 Å². The van der Waals surface area contributed by atoms with Gasteiger partial charge in [0.1, 0.15) is 18.1 Å². The van der Waals surface area contributed by atoms with Crippen LogP contribution in [0.5, 0.6) is 5.75 Å². The van der Waals surface area contributed by atoms with E-state index in [0.717, 1.165) is 49.6 Å². The number of benzene rings is 1. The Balaban J connectivity index is 1.23. The Hall–Kier alpha value is -3.19. The van der Waals surface area contributed by atoms with E-state index in [1.54, 1.807) is 24.6 Å². The smallest absolute Gasteiger partial charge is 0.251 e. The molecule has 0 radical (unpaired) electrons. The zero-order valence-corrected chi connectivity index (χ0v) is 16.2. The van der Waals surface area contributed by atoms with Crippen molar-refractivity contribution in [1.29, 1.82) is 0 Å². The molecule has 0 atom stereocenters. The lowest BCUT2D eigenvalue weighted by Gasteiger charge is -2.31. The number of nitrogens with one attached hydrogen (secondary N) is 1. The van der Waals surface area contributed by atoms with Gasteiger partial charge in [-0.1, -0.05) is 11.2 Å². The average molecular weight is 392 g/mol. The van der Waals surface area contributed by atoms with Crippen molar-refractivity contribution in [3.8, 4) is 5.75 Å². The summed E-state index contributed by atoms with van der Waals surface area (Å²) < 4.78 is 11.0. The van der Waals surface area contributed by atoms with Gasteiger partial charge in [0.15, 0.2) is 0 Å². The Morgan fingerprint density at radius 3 is 2.62 bits per heavy atom. The molecule has 3 heterocycles. The minimum absolute atomic E-state index is 0.122.